The van der Waals surface area contributed by atoms with Crippen molar-refractivity contribution in [2.24, 2.45) is 0 Å². The molecule has 0 saturated carbocycles. The molecule has 0 aromatic carbocycles. The third-order valence-corrected chi connectivity index (χ3v) is 6.03. The Morgan fingerprint density at radius 3 is 2.59 bits per heavy atom. The number of ether oxygens (including phenoxy) is 1. The van der Waals surface area contributed by atoms with Crippen LogP contribution in [0.1, 0.15) is 50.2 Å². The number of rotatable bonds is 11. The quantitative estimate of drug-likeness (QED) is 0.563. The third-order valence-electron chi connectivity index (χ3n) is 4.56. The maximum atomic E-state index is 11.9. The number of hydrogen-bond donors (Lipinski definition) is 2. The highest BCUT2D eigenvalue weighted by Gasteiger charge is 2.17. The molecule has 0 radical (unpaired) electrons. The van der Waals surface area contributed by atoms with Gasteiger partial charge in [0, 0.05) is 25.4 Å². The molecule has 0 aliphatic heterocycles. The highest BCUT2D eigenvalue weighted by atomic mass is 32.2. The summed E-state index contributed by atoms with van der Waals surface area (Å²) in [6.07, 6.45) is 2.18. The van der Waals surface area contributed by atoms with Crippen molar-refractivity contribution in [1.29, 1.82) is 0 Å². The molecule has 27 heavy (non-hydrogen) atoms. The number of nitrogens with two attached hydrogens (primary N) is 1. The van der Waals surface area contributed by atoms with Gasteiger partial charge < -0.3 is 15.0 Å². The van der Waals surface area contributed by atoms with Gasteiger partial charge in [0.05, 0.1) is 11.3 Å². The van der Waals surface area contributed by atoms with Gasteiger partial charge in [0.25, 0.3) is 0 Å². The van der Waals surface area contributed by atoms with Crippen LogP contribution in [0.5, 0.6) is 0 Å². The topological polar surface area (TPSA) is 112 Å². The van der Waals surface area contributed by atoms with Crippen molar-refractivity contribution in [3.8, 4) is 0 Å². The number of unbranched alkanes of at least 4 members (excludes halogenated alkanes) is 1. The third kappa shape index (κ3) is 5.40. The van der Waals surface area contributed by atoms with E-state index >= 15 is 0 Å². The van der Waals surface area contributed by atoms with E-state index < -0.39 is 10.0 Å². The number of fused-ring (bicyclic) bond motifs is 1. The summed E-state index contributed by atoms with van der Waals surface area (Å²) in [5.74, 6) is 1.36. The van der Waals surface area contributed by atoms with E-state index in [1.165, 1.54) is 0 Å². The van der Waals surface area contributed by atoms with Crippen molar-refractivity contribution in [1.82, 2.24) is 19.3 Å². The van der Waals surface area contributed by atoms with Gasteiger partial charge in [0.15, 0.2) is 5.82 Å². The Bertz CT molecular complexity index is 877. The molecule has 0 spiro atoms. The average Bonchev–Trinajstić information content (AvgIpc) is 2.99. The molecule has 2 heterocycles. The standard InChI is InChI=1S/C18H31N5O3S/c1-5-7-11-27(24,25)20-9-8-10-23-15(12-26-6-2)22-16-17(23)13(3)14(4)21-18(16)19/h20H,5-12H2,1-4H3,(H2,19,21). The Hall–Kier alpha value is -1.71. The van der Waals surface area contributed by atoms with Gasteiger partial charge >= 0.3 is 0 Å². The molecule has 0 bridgehead atoms. The Morgan fingerprint density at radius 1 is 1.19 bits per heavy atom. The van der Waals surface area contributed by atoms with Gasteiger partial charge in [-0.3, -0.25) is 0 Å². The summed E-state index contributed by atoms with van der Waals surface area (Å²) >= 11 is 0. The summed E-state index contributed by atoms with van der Waals surface area (Å²) in [5.41, 5.74) is 9.59. The molecule has 0 amide bonds. The summed E-state index contributed by atoms with van der Waals surface area (Å²) < 4.78 is 34.2. The molecule has 0 atom stereocenters. The first-order valence-electron chi connectivity index (χ1n) is 9.47. The number of aryl methyl sites for hydroxylation is 3. The highest BCUT2D eigenvalue weighted by molar-refractivity contribution is 7.89. The molecule has 2 rings (SSSR count). The molecule has 9 heteroatoms. The minimum absolute atomic E-state index is 0.174. The van der Waals surface area contributed by atoms with Crippen LogP contribution in [0.4, 0.5) is 5.82 Å². The second kappa shape index (κ2) is 9.48. The van der Waals surface area contributed by atoms with Crippen molar-refractivity contribution in [2.75, 3.05) is 24.6 Å². The molecule has 0 aliphatic carbocycles. The van der Waals surface area contributed by atoms with Crippen LogP contribution >= 0.6 is 0 Å². The number of aromatic nitrogens is 3. The van der Waals surface area contributed by atoms with E-state index in [4.69, 9.17) is 10.5 Å². The predicted molar refractivity (Wildman–Crippen MR) is 108 cm³/mol. The first-order valence-corrected chi connectivity index (χ1v) is 11.1. The fourth-order valence-corrected chi connectivity index (χ4v) is 4.23. The van der Waals surface area contributed by atoms with Gasteiger partial charge in [0.2, 0.25) is 10.0 Å². The molecule has 3 N–H and O–H groups in total. The smallest absolute Gasteiger partial charge is 0.211 e. The van der Waals surface area contributed by atoms with Gasteiger partial charge in [0.1, 0.15) is 17.9 Å². The van der Waals surface area contributed by atoms with E-state index in [1.807, 2.05) is 27.7 Å². The highest BCUT2D eigenvalue weighted by Crippen LogP contribution is 2.26. The molecule has 2 aromatic heterocycles. The Balaban J connectivity index is 2.20. The van der Waals surface area contributed by atoms with Gasteiger partial charge in [-0.05, 0) is 39.2 Å². The Labute approximate surface area is 161 Å². The molecule has 0 fully saturated rings. The molecule has 152 valence electrons. The zero-order chi connectivity index (χ0) is 20.0. The number of hydrogen-bond acceptors (Lipinski definition) is 6. The zero-order valence-corrected chi connectivity index (χ0v) is 17.5. The molecular formula is C18H31N5O3S. The molecule has 8 nitrogen and oxygen atoms in total. The predicted octanol–water partition coefficient (Wildman–Crippen LogP) is 2.28. The van der Waals surface area contributed by atoms with Crippen LogP contribution in [-0.2, 0) is 27.9 Å². The van der Waals surface area contributed by atoms with E-state index in [-0.39, 0.29) is 5.75 Å². The fourth-order valence-electron chi connectivity index (χ4n) is 2.96. The van der Waals surface area contributed by atoms with E-state index in [0.29, 0.717) is 50.5 Å². The van der Waals surface area contributed by atoms with E-state index in [0.717, 1.165) is 29.0 Å². The van der Waals surface area contributed by atoms with Crippen LogP contribution in [0.25, 0.3) is 11.0 Å². The number of anilines is 1. The second-order valence-electron chi connectivity index (χ2n) is 6.64. The summed E-state index contributed by atoms with van der Waals surface area (Å²) in [6, 6.07) is 0. The van der Waals surface area contributed by atoms with Crippen LogP contribution in [0.15, 0.2) is 0 Å². The van der Waals surface area contributed by atoms with Crippen molar-refractivity contribution in [3.05, 3.63) is 17.1 Å². The van der Waals surface area contributed by atoms with Gasteiger partial charge in [-0.25, -0.2) is 23.1 Å². The van der Waals surface area contributed by atoms with Gasteiger partial charge in [-0.2, -0.15) is 0 Å². The van der Waals surface area contributed by atoms with Crippen molar-refractivity contribution < 1.29 is 13.2 Å². The summed E-state index contributed by atoms with van der Waals surface area (Å²) in [7, 11) is -3.20. The van der Waals surface area contributed by atoms with Crippen LogP contribution in [0.3, 0.4) is 0 Å². The Morgan fingerprint density at radius 2 is 1.93 bits per heavy atom. The molecule has 0 aliphatic rings. The molecule has 2 aromatic rings. The van der Waals surface area contributed by atoms with Crippen LogP contribution < -0.4 is 10.5 Å². The number of nitrogens with zero attached hydrogens (tertiary/aromatic N) is 3. The number of nitrogen functional groups attached to an aromatic ring is 1. The number of sulfonamides is 1. The van der Waals surface area contributed by atoms with Gasteiger partial charge in [-0.15, -0.1) is 0 Å². The van der Waals surface area contributed by atoms with Gasteiger partial charge in [-0.1, -0.05) is 13.3 Å². The van der Waals surface area contributed by atoms with Crippen molar-refractivity contribution in [3.63, 3.8) is 0 Å². The second-order valence-corrected chi connectivity index (χ2v) is 8.57. The fraction of sp³-hybridized carbons (Fsp3) is 0.667. The van der Waals surface area contributed by atoms with Crippen molar-refractivity contribution in [2.45, 2.75) is 60.1 Å². The minimum Gasteiger partial charge on any atom is -0.382 e. The Kier molecular flexibility index (Phi) is 7.58. The van der Waals surface area contributed by atoms with Crippen LogP contribution in [0, 0.1) is 13.8 Å². The minimum atomic E-state index is -3.20. The number of nitrogens with one attached hydrogen (secondary N) is 1. The first kappa shape index (κ1) is 21.6. The average molecular weight is 398 g/mol. The summed E-state index contributed by atoms with van der Waals surface area (Å²) in [6.45, 7) is 9.81. The number of imidazole rings is 1. The summed E-state index contributed by atoms with van der Waals surface area (Å²) in [4.78, 5) is 8.99. The molecule has 0 unspecified atom stereocenters. The lowest BCUT2D eigenvalue weighted by Gasteiger charge is -2.12. The lowest BCUT2D eigenvalue weighted by atomic mass is 10.2. The normalized spacial score (nSPS) is 12.1. The van der Waals surface area contributed by atoms with E-state index in [2.05, 4.69) is 19.3 Å². The lowest BCUT2D eigenvalue weighted by Crippen LogP contribution is -2.28. The van der Waals surface area contributed by atoms with Crippen molar-refractivity contribution >= 4 is 26.9 Å². The van der Waals surface area contributed by atoms with Crippen LogP contribution in [-0.4, -0.2) is 41.9 Å². The largest absolute Gasteiger partial charge is 0.382 e. The maximum absolute atomic E-state index is 11.9. The first-order chi connectivity index (χ1) is 12.8. The monoisotopic (exact) mass is 397 g/mol. The lowest BCUT2D eigenvalue weighted by molar-refractivity contribution is 0.126. The number of pyridine rings is 1. The van der Waals surface area contributed by atoms with E-state index in [9.17, 15) is 8.42 Å². The molecule has 0 saturated heterocycles. The maximum Gasteiger partial charge on any atom is 0.211 e. The molecular weight excluding hydrogens is 366 g/mol. The zero-order valence-electron chi connectivity index (χ0n) is 16.7. The van der Waals surface area contributed by atoms with Crippen LogP contribution in [0.2, 0.25) is 0 Å². The SMILES string of the molecule is CCCCS(=O)(=O)NCCCn1c(COCC)nc2c(N)nc(C)c(C)c21. The van der Waals surface area contributed by atoms with E-state index in [1.54, 1.807) is 0 Å². The summed E-state index contributed by atoms with van der Waals surface area (Å²) in [5, 5.41) is 0.